The van der Waals surface area contributed by atoms with Crippen molar-refractivity contribution in [2.45, 2.75) is 32.1 Å². The van der Waals surface area contributed by atoms with Gasteiger partial charge in [-0.05, 0) is 42.7 Å². The minimum absolute atomic E-state index is 0.0793. The molecule has 6 heteroatoms. The summed E-state index contributed by atoms with van der Waals surface area (Å²) in [6.45, 7) is 2.67. The fraction of sp³-hybridized carbons (Fsp3) is 0.600. The van der Waals surface area contributed by atoms with Crippen LogP contribution in [0.1, 0.15) is 31.2 Å². The van der Waals surface area contributed by atoms with E-state index in [0.717, 1.165) is 38.2 Å². The molecule has 2 N–H and O–H groups in total. The number of para-hydroxylation sites is 1. The van der Waals surface area contributed by atoms with Gasteiger partial charge in [0.1, 0.15) is 0 Å². The lowest BCUT2D eigenvalue weighted by Gasteiger charge is -2.42. The molecule has 3 rings (SSSR count). The first-order chi connectivity index (χ1) is 12.7. The molecule has 0 spiro atoms. The monoisotopic (exact) mass is 358 g/mol. The Morgan fingerprint density at radius 3 is 2.81 bits per heavy atom. The first kappa shape index (κ1) is 18.7. The van der Waals surface area contributed by atoms with Crippen LogP contribution in [0.4, 0.5) is 5.69 Å². The van der Waals surface area contributed by atoms with Gasteiger partial charge in [0.15, 0.2) is 5.96 Å². The average Bonchev–Trinajstić information content (AvgIpc) is 3.07. The second kappa shape index (κ2) is 8.54. The highest BCUT2D eigenvalue weighted by Crippen LogP contribution is 2.43. The van der Waals surface area contributed by atoms with Gasteiger partial charge in [0.2, 0.25) is 5.91 Å². The number of aliphatic imine (C=N–C) groups is 1. The van der Waals surface area contributed by atoms with Crippen LogP contribution in [0.2, 0.25) is 0 Å². The van der Waals surface area contributed by atoms with E-state index >= 15 is 0 Å². The lowest BCUT2D eigenvalue weighted by atomic mass is 9.67. The van der Waals surface area contributed by atoms with Gasteiger partial charge < -0.3 is 20.3 Å². The Morgan fingerprint density at radius 2 is 2.12 bits per heavy atom. The maximum atomic E-state index is 12.6. The molecular weight excluding hydrogens is 328 g/mol. The van der Waals surface area contributed by atoms with Gasteiger partial charge in [-0.3, -0.25) is 9.79 Å². The number of fused-ring (bicyclic) bond motifs is 1. The summed E-state index contributed by atoms with van der Waals surface area (Å²) in [5.41, 5.74) is 2.59. The van der Waals surface area contributed by atoms with E-state index in [4.69, 9.17) is 4.74 Å². The molecule has 1 aromatic carbocycles. The molecule has 1 aliphatic carbocycles. The van der Waals surface area contributed by atoms with E-state index in [1.54, 1.807) is 14.2 Å². The van der Waals surface area contributed by atoms with Crippen molar-refractivity contribution < 1.29 is 9.53 Å². The number of rotatable bonds is 7. The van der Waals surface area contributed by atoms with Gasteiger partial charge in [-0.15, -0.1) is 0 Å². The standard InChI is InChI=1S/C20H30N4O2/c1-21-19(23-15-20(9-5-10-20)11-13-26-2)22-14-18(25)24-12-8-16-6-3-4-7-17(16)24/h3-4,6-7H,5,8-15H2,1-2H3,(H2,21,22,23). The zero-order valence-electron chi connectivity index (χ0n) is 15.9. The molecular formula is C20H30N4O2. The first-order valence-electron chi connectivity index (χ1n) is 9.49. The van der Waals surface area contributed by atoms with Crippen LogP contribution in [0.5, 0.6) is 0 Å². The number of carbonyl (C=O) groups excluding carboxylic acids is 1. The molecule has 1 saturated carbocycles. The van der Waals surface area contributed by atoms with Gasteiger partial charge in [-0.2, -0.15) is 0 Å². The highest BCUT2D eigenvalue weighted by Gasteiger charge is 2.36. The molecule has 1 aliphatic heterocycles. The third kappa shape index (κ3) is 4.18. The van der Waals surface area contributed by atoms with Crippen molar-refractivity contribution in [3.63, 3.8) is 0 Å². The molecule has 26 heavy (non-hydrogen) atoms. The second-order valence-electron chi connectivity index (χ2n) is 7.30. The maximum absolute atomic E-state index is 12.6. The fourth-order valence-corrected chi connectivity index (χ4v) is 3.85. The molecule has 1 aromatic rings. The van der Waals surface area contributed by atoms with Gasteiger partial charge in [-0.1, -0.05) is 24.6 Å². The third-order valence-electron chi connectivity index (χ3n) is 5.70. The van der Waals surface area contributed by atoms with E-state index in [1.165, 1.54) is 24.8 Å². The lowest BCUT2D eigenvalue weighted by molar-refractivity contribution is -0.117. The molecule has 1 heterocycles. The fourth-order valence-electron chi connectivity index (χ4n) is 3.85. The third-order valence-corrected chi connectivity index (χ3v) is 5.70. The minimum atomic E-state index is 0.0793. The van der Waals surface area contributed by atoms with Gasteiger partial charge in [0.05, 0.1) is 6.54 Å². The Morgan fingerprint density at radius 1 is 1.31 bits per heavy atom. The van der Waals surface area contributed by atoms with E-state index < -0.39 is 0 Å². The Kier molecular flexibility index (Phi) is 6.14. The Balaban J connectivity index is 1.48. The molecule has 0 aromatic heterocycles. The summed E-state index contributed by atoms with van der Waals surface area (Å²) in [6, 6.07) is 8.12. The number of hydrogen-bond acceptors (Lipinski definition) is 3. The number of anilines is 1. The smallest absolute Gasteiger partial charge is 0.246 e. The van der Waals surface area contributed by atoms with E-state index in [-0.39, 0.29) is 12.5 Å². The normalized spacial score (nSPS) is 18.2. The predicted octanol–water partition coefficient (Wildman–Crippen LogP) is 1.95. The van der Waals surface area contributed by atoms with Crippen molar-refractivity contribution in [1.82, 2.24) is 10.6 Å². The molecule has 0 unspecified atom stereocenters. The average molecular weight is 358 g/mol. The molecule has 2 aliphatic rings. The number of ether oxygens (including phenoxy) is 1. The van der Waals surface area contributed by atoms with Crippen LogP contribution in [-0.4, -0.2) is 52.3 Å². The van der Waals surface area contributed by atoms with E-state index in [1.807, 2.05) is 23.1 Å². The zero-order valence-corrected chi connectivity index (χ0v) is 15.9. The van der Waals surface area contributed by atoms with Crippen LogP contribution in [0.25, 0.3) is 0 Å². The zero-order chi connectivity index (χ0) is 18.4. The molecule has 0 bridgehead atoms. The summed E-state index contributed by atoms with van der Waals surface area (Å²) < 4.78 is 5.25. The quantitative estimate of drug-likeness (QED) is 0.578. The van der Waals surface area contributed by atoms with Gasteiger partial charge in [0, 0.05) is 39.5 Å². The summed E-state index contributed by atoms with van der Waals surface area (Å²) in [5.74, 6) is 0.769. The van der Waals surface area contributed by atoms with Gasteiger partial charge in [0.25, 0.3) is 0 Å². The summed E-state index contributed by atoms with van der Waals surface area (Å²) in [6.07, 6.45) is 5.73. The Labute approximate surface area is 156 Å². The summed E-state index contributed by atoms with van der Waals surface area (Å²) >= 11 is 0. The molecule has 0 atom stereocenters. The van der Waals surface area contributed by atoms with Gasteiger partial charge in [-0.25, -0.2) is 0 Å². The second-order valence-corrected chi connectivity index (χ2v) is 7.30. The van der Waals surface area contributed by atoms with Crippen molar-refractivity contribution in [1.29, 1.82) is 0 Å². The van der Waals surface area contributed by atoms with Crippen molar-refractivity contribution in [2.24, 2.45) is 10.4 Å². The summed E-state index contributed by atoms with van der Waals surface area (Å²) in [5, 5.41) is 6.57. The predicted molar refractivity (Wildman–Crippen MR) is 105 cm³/mol. The summed E-state index contributed by atoms with van der Waals surface area (Å²) in [4.78, 5) is 18.7. The number of guanidine groups is 1. The maximum Gasteiger partial charge on any atom is 0.246 e. The van der Waals surface area contributed by atoms with E-state index in [9.17, 15) is 4.79 Å². The van der Waals surface area contributed by atoms with E-state index in [2.05, 4.69) is 21.7 Å². The molecule has 0 radical (unpaired) electrons. The molecule has 142 valence electrons. The SMILES string of the molecule is CN=C(NCC(=O)N1CCc2ccccc21)NCC1(CCOC)CCC1. The largest absolute Gasteiger partial charge is 0.385 e. The van der Waals surface area contributed by atoms with Crippen molar-refractivity contribution in [3.8, 4) is 0 Å². The Bertz CT molecular complexity index is 655. The van der Waals surface area contributed by atoms with Crippen LogP contribution >= 0.6 is 0 Å². The molecule has 0 saturated heterocycles. The van der Waals surface area contributed by atoms with Crippen LogP contribution < -0.4 is 15.5 Å². The number of methoxy groups -OCH3 is 1. The van der Waals surface area contributed by atoms with Crippen molar-refractivity contribution in [2.75, 3.05) is 45.3 Å². The van der Waals surface area contributed by atoms with Crippen molar-refractivity contribution in [3.05, 3.63) is 29.8 Å². The van der Waals surface area contributed by atoms with Gasteiger partial charge >= 0.3 is 0 Å². The lowest BCUT2D eigenvalue weighted by Crippen LogP contribution is -2.49. The van der Waals surface area contributed by atoms with E-state index in [0.29, 0.717) is 11.4 Å². The number of nitrogens with one attached hydrogen (secondary N) is 2. The summed E-state index contributed by atoms with van der Waals surface area (Å²) in [7, 11) is 3.50. The number of amides is 1. The topological polar surface area (TPSA) is 66.0 Å². The number of hydrogen-bond donors (Lipinski definition) is 2. The van der Waals surface area contributed by atoms with Crippen LogP contribution in [0.3, 0.4) is 0 Å². The van der Waals surface area contributed by atoms with Crippen LogP contribution in [0.15, 0.2) is 29.3 Å². The highest BCUT2D eigenvalue weighted by atomic mass is 16.5. The Hall–Kier alpha value is -2.08. The minimum Gasteiger partial charge on any atom is -0.385 e. The number of nitrogens with zero attached hydrogens (tertiary/aromatic N) is 2. The molecule has 6 nitrogen and oxygen atoms in total. The number of carbonyl (C=O) groups is 1. The number of benzene rings is 1. The molecule has 1 amide bonds. The first-order valence-corrected chi connectivity index (χ1v) is 9.49. The van der Waals surface area contributed by atoms with Crippen LogP contribution in [0, 0.1) is 5.41 Å². The van der Waals surface area contributed by atoms with Crippen LogP contribution in [-0.2, 0) is 16.0 Å². The highest BCUT2D eigenvalue weighted by molar-refractivity contribution is 5.98. The van der Waals surface area contributed by atoms with Crippen molar-refractivity contribution >= 4 is 17.6 Å². The molecule has 1 fully saturated rings.